The first kappa shape index (κ1) is 20.8. The molecule has 2 aromatic carbocycles. The molecule has 0 unspecified atom stereocenters. The maximum absolute atomic E-state index is 12.4. The van der Waals surface area contributed by atoms with Gasteiger partial charge in [0.2, 0.25) is 0 Å². The van der Waals surface area contributed by atoms with Gasteiger partial charge < -0.3 is 9.64 Å². The fraction of sp³-hybridized carbons (Fsp3) is 0.238. The lowest BCUT2D eigenvalue weighted by atomic mass is 10.2. The highest BCUT2D eigenvalue weighted by molar-refractivity contribution is 5.89. The number of nitro groups is 1. The van der Waals surface area contributed by atoms with Crippen LogP contribution in [0.25, 0.3) is 6.08 Å². The smallest absolute Gasteiger partial charge is 0.331 e. The van der Waals surface area contributed by atoms with E-state index in [1.807, 2.05) is 44.2 Å². The first-order chi connectivity index (χ1) is 13.4. The van der Waals surface area contributed by atoms with Crippen LogP contribution in [-0.2, 0) is 20.9 Å². The van der Waals surface area contributed by atoms with Gasteiger partial charge in [0.05, 0.1) is 4.92 Å². The van der Waals surface area contributed by atoms with Gasteiger partial charge in [-0.05, 0) is 43.2 Å². The molecule has 0 saturated heterocycles. The van der Waals surface area contributed by atoms with E-state index in [9.17, 15) is 19.7 Å². The van der Waals surface area contributed by atoms with Crippen molar-refractivity contribution in [2.45, 2.75) is 26.4 Å². The van der Waals surface area contributed by atoms with Crippen LogP contribution in [0.2, 0.25) is 0 Å². The van der Waals surface area contributed by atoms with Crippen LogP contribution < -0.4 is 0 Å². The highest BCUT2D eigenvalue weighted by Crippen LogP contribution is 2.13. The number of non-ortho nitro benzene ring substituents is 1. The van der Waals surface area contributed by atoms with E-state index >= 15 is 0 Å². The summed E-state index contributed by atoms with van der Waals surface area (Å²) in [7, 11) is 0. The summed E-state index contributed by atoms with van der Waals surface area (Å²) in [5, 5.41) is 10.6. The summed E-state index contributed by atoms with van der Waals surface area (Å²) in [5.41, 5.74) is 1.58. The number of nitro benzene ring substituents is 1. The first-order valence-electron chi connectivity index (χ1n) is 8.79. The second kappa shape index (κ2) is 10.0. The Hall–Kier alpha value is -3.48. The summed E-state index contributed by atoms with van der Waals surface area (Å²) in [4.78, 5) is 36.1. The third-order valence-electron chi connectivity index (χ3n) is 3.99. The molecule has 1 amide bonds. The Bertz CT molecular complexity index is 845. The maximum atomic E-state index is 12.4. The zero-order valence-corrected chi connectivity index (χ0v) is 15.8. The van der Waals surface area contributed by atoms with E-state index < -0.39 is 10.9 Å². The van der Waals surface area contributed by atoms with Crippen LogP contribution in [-0.4, -0.2) is 34.3 Å². The Morgan fingerprint density at radius 3 is 2.32 bits per heavy atom. The molecule has 146 valence electrons. The average molecular weight is 382 g/mol. The number of hydrogen-bond acceptors (Lipinski definition) is 5. The highest BCUT2D eigenvalue weighted by Gasteiger charge is 2.18. The van der Waals surface area contributed by atoms with Crippen LogP contribution in [0.1, 0.15) is 25.0 Å². The van der Waals surface area contributed by atoms with Crippen molar-refractivity contribution in [1.82, 2.24) is 4.90 Å². The number of esters is 1. The van der Waals surface area contributed by atoms with Crippen molar-refractivity contribution < 1.29 is 19.2 Å². The van der Waals surface area contributed by atoms with Crippen LogP contribution in [0.5, 0.6) is 0 Å². The number of rotatable bonds is 8. The van der Waals surface area contributed by atoms with Gasteiger partial charge in [-0.1, -0.05) is 30.3 Å². The molecule has 0 fully saturated rings. The van der Waals surface area contributed by atoms with Crippen molar-refractivity contribution >= 4 is 23.6 Å². The molecule has 0 atom stereocenters. The third kappa shape index (κ3) is 6.35. The number of ether oxygens (including phenoxy) is 1. The number of nitrogens with zero attached hydrogens (tertiary/aromatic N) is 2. The average Bonchev–Trinajstić information content (AvgIpc) is 2.69. The zero-order chi connectivity index (χ0) is 20.5. The SMILES string of the molecule is CC(C)N(Cc1ccccc1)C(=O)COC(=O)/C=C/c1ccc([N+](=O)[O-])cc1. The lowest BCUT2D eigenvalue weighted by molar-refractivity contribution is -0.384. The van der Waals surface area contributed by atoms with Crippen molar-refractivity contribution in [3.05, 3.63) is 81.9 Å². The fourth-order valence-electron chi connectivity index (χ4n) is 2.47. The van der Waals surface area contributed by atoms with Gasteiger partial charge in [-0.25, -0.2) is 4.79 Å². The van der Waals surface area contributed by atoms with Crippen molar-refractivity contribution in [3.63, 3.8) is 0 Å². The van der Waals surface area contributed by atoms with Gasteiger partial charge in [-0.3, -0.25) is 14.9 Å². The van der Waals surface area contributed by atoms with E-state index in [0.29, 0.717) is 12.1 Å². The molecule has 0 aliphatic carbocycles. The molecule has 28 heavy (non-hydrogen) atoms. The lowest BCUT2D eigenvalue weighted by Gasteiger charge is -2.26. The Kier molecular flexibility index (Phi) is 7.45. The molecule has 0 heterocycles. The fourth-order valence-corrected chi connectivity index (χ4v) is 2.47. The van der Waals surface area contributed by atoms with Crippen LogP contribution in [0.15, 0.2) is 60.7 Å². The van der Waals surface area contributed by atoms with Gasteiger partial charge in [0.25, 0.3) is 11.6 Å². The molecule has 7 nitrogen and oxygen atoms in total. The Morgan fingerprint density at radius 1 is 1.11 bits per heavy atom. The summed E-state index contributed by atoms with van der Waals surface area (Å²) in [5.74, 6) is -0.939. The Labute approximate surface area is 163 Å². The third-order valence-corrected chi connectivity index (χ3v) is 3.99. The number of carbonyl (C=O) groups excluding carboxylic acids is 2. The monoisotopic (exact) mass is 382 g/mol. The molecule has 0 aromatic heterocycles. The predicted octanol–water partition coefficient (Wildman–Crippen LogP) is 3.59. The van der Waals surface area contributed by atoms with Gasteiger partial charge in [-0.2, -0.15) is 0 Å². The van der Waals surface area contributed by atoms with Gasteiger partial charge in [0.1, 0.15) is 0 Å². The largest absolute Gasteiger partial charge is 0.452 e. The van der Waals surface area contributed by atoms with Gasteiger partial charge in [0, 0.05) is 30.8 Å². The summed E-state index contributed by atoms with van der Waals surface area (Å²) in [6.07, 6.45) is 2.66. The Balaban J connectivity index is 1.89. The zero-order valence-electron chi connectivity index (χ0n) is 15.8. The molecule has 7 heteroatoms. The van der Waals surface area contributed by atoms with E-state index in [1.54, 1.807) is 4.90 Å². The molecule has 0 spiro atoms. The highest BCUT2D eigenvalue weighted by atomic mass is 16.6. The lowest BCUT2D eigenvalue weighted by Crippen LogP contribution is -2.39. The van der Waals surface area contributed by atoms with E-state index in [0.717, 1.165) is 5.56 Å². The minimum absolute atomic E-state index is 0.0301. The molecule has 0 N–H and O–H groups in total. The molecule has 2 rings (SSSR count). The number of amides is 1. The number of carbonyl (C=O) groups is 2. The molecule has 0 aliphatic rings. The van der Waals surface area contributed by atoms with E-state index in [4.69, 9.17) is 4.74 Å². The van der Waals surface area contributed by atoms with Crippen LogP contribution in [0, 0.1) is 10.1 Å². The van der Waals surface area contributed by atoms with E-state index in [-0.39, 0.29) is 24.2 Å². The Morgan fingerprint density at radius 2 is 1.75 bits per heavy atom. The predicted molar refractivity (Wildman–Crippen MR) is 105 cm³/mol. The quantitative estimate of drug-likeness (QED) is 0.301. The minimum atomic E-state index is -0.657. The van der Waals surface area contributed by atoms with Gasteiger partial charge >= 0.3 is 5.97 Å². The summed E-state index contributed by atoms with van der Waals surface area (Å²) >= 11 is 0. The number of benzene rings is 2. The van der Waals surface area contributed by atoms with Gasteiger partial charge in [-0.15, -0.1) is 0 Å². The molecular formula is C21H22N2O5. The minimum Gasteiger partial charge on any atom is -0.452 e. The molecule has 0 saturated carbocycles. The summed E-state index contributed by atoms with van der Waals surface area (Å²) < 4.78 is 5.03. The van der Waals surface area contributed by atoms with Crippen LogP contribution >= 0.6 is 0 Å². The molecule has 0 radical (unpaired) electrons. The molecule has 0 aliphatic heterocycles. The van der Waals surface area contributed by atoms with Crippen molar-refractivity contribution in [1.29, 1.82) is 0 Å². The standard InChI is InChI=1S/C21H22N2O5/c1-16(2)22(14-18-6-4-3-5-7-18)20(24)15-28-21(25)13-10-17-8-11-19(12-9-17)23(26)27/h3-13,16H,14-15H2,1-2H3/b13-10+. The summed E-state index contributed by atoms with van der Waals surface area (Å²) in [6.45, 7) is 3.89. The second-order valence-corrected chi connectivity index (χ2v) is 6.39. The van der Waals surface area contributed by atoms with Crippen LogP contribution in [0.3, 0.4) is 0 Å². The molecule has 2 aromatic rings. The van der Waals surface area contributed by atoms with Crippen molar-refractivity contribution in [2.75, 3.05) is 6.61 Å². The van der Waals surface area contributed by atoms with Crippen LogP contribution in [0.4, 0.5) is 5.69 Å². The second-order valence-electron chi connectivity index (χ2n) is 6.39. The summed E-state index contributed by atoms with van der Waals surface area (Å²) in [6, 6.07) is 15.3. The van der Waals surface area contributed by atoms with Crippen molar-refractivity contribution in [2.24, 2.45) is 0 Å². The first-order valence-corrected chi connectivity index (χ1v) is 8.79. The number of hydrogen-bond donors (Lipinski definition) is 0. The topological polar surface area (TPSA) is 89.8 Å². The van der Waals surface area contributed by atoms with E-state index in [2.05, 4.69) is 0 Å². The van der Waals surface area contributed by atoms with Crippen molar-refractivity contribution in [3.8, 4) is 0 Å². The maximum Gasteiger partial charge on any atom is 0.331 e. The van der Waals surface area contributed by atoms with Gasteiger partial charge in [0.15, 0.2) is 6.61 Å². The molecule has 0 bridgehead atoms. The molecular weight excluding hydrogens is 360 g/mol. The van der Waals surface area contributed by atoms with E-state index in [1.165, 1.54) is 36.4 Å². The normalized spacial score (nSPS) is 10.8.